The highest BCUT2D eigenvalue weighted by molar-refractivity contribution is 6.30. The molecule has 0 aliphatic carbocycles. The van der Waals surface area contributed by atoms with Crippen LogP contribution in [0.25, 0.3) is 0 Å². The average molecular weight is 211 g/mol. The van der Waals surface area contributed by atoms with Gasteiger partial charge >= 0.3 is 0 Å². The van der Waals surface area contributed by atoms with Gasteiger partial charge in [0.05, 0.1) is 0 Å². The molecule has 0 spiro atoms. The molecule has 0 saturated heterocycles. The molecule has 0 radical (unpaired) electrons. The number of benzene rings is 1. The van der Waals surface area contributed by atoms with Crippen molar-refractivity contribution in [1.29, 1.82) is 0 Å². The predicted molar refractivity (Wildman–Crippen MR) is 59.7 cm³/mol. The fraction of sp³-hybridized carbons (Fsp3) is 0.417. The second-order valence-electron chi connectivity index (χ2n) is 3.81. The van der Waals surface area contributed by atoms with E-state index >= 15 is 0 Å². The molecule has 1 nitrogen and oxygen atoms in total. The van der Waals surface area contributed by atoms with Crippen molar-refractivity contribution in [2.45, 2.75) is 26.2 Å². The van der Waals surface area contributed by atoms with Crippen molar-refractivity contribution in [3.63, 3.8) is 0 Å². The summed E-state index contributed by atoms with van der Waals surface area (Å²) in [6.07, 6.45) is 1.55. The van der Waals surface area contributed by atoms with Crippen LogP contribution in [0.5, 0.6) is 0 Å². The summed E-state index contributed by atoms with van der Waals surface area (Å²) in [5.74, 6) is 0.741. The highest BCUT2D eigenvalue weighted by Crippen LogP contribution is 2.28. The van der Waals surface area contributed by atoms with Gasteiger partial charge in [0, 0.05) is 11.4 Å². The molecule has 14 heavy (non-hydrogen) atoms. The van der Waals surface area contributed by atoms with Crippen molar-refractivity contribution in [1.82, 2.24) is 0 Å². The van der Waals surface area contributed by atoms with E-state index in [1.807, 2.05) is 24.3 Å². The molecule has 0 fully saturated rings. The molecule has 1 atom stereocenters. The molecule has 1 aromatic carbocycles. The van der Waals surface area contributed by atoms with Crippen LogP contribution in [0.2, 0.25) is 5.02 Å². The first-order chi connectivity index (χ1) is 6.65. The highest BCUT2D eigenvalue weighted by atomic mass is 35.5. The van der Waals surface area contributed by atoms with Gasteiger partial charge in [-0.15, -0.1) is 0 Å². The summed E-state index contributed by atoms with van der Waals surface area (Å²) in [6.45, 7) is 4.24. The largest absolute Gasteiger partial charge is 0.303 e. The summed E-state index contributed by atoms with van der Waals surface area (Å²) in [6, 6.07) is 7.75. The van der Waals surface area contributed by atoms with Gasteiger partial charge in [0.2, 0.25) is 0 Å². The second-order valence-corrected chi connectivity index (χ2v) is 4.24. The maximum absolute atomic E-state index is 10.5. The zero-order valence-corrected chi connectivity index (χ0v) is 9.29. The highest BCUT2D eigenvalue weighted by Gasteiger charge is 2.15. The zero-order chi connectivity index (χ0) is 10.6. The Hall–Kier alpha value is -0.820. The zero-order valence-electron chi connectivity index (χ0n) is 8.53. The molecule has 0 saturated carbocycles. The minimum absolute atomic E-state index is 0.284. The summed E-state index contributed by atoms with van der Waals surface area (Å²) >= 11 is 5.91. The summed E-state index contributed by atoms with van der Waals surface area (Å²) in [7, 11) is 0. The first-order valence-corrected chi connectivity index (χ1v) is 5.22. The van der Waals surface area contributed by atoms with Crippen molar-refractivity contribution in [2.24, 2.45) is 5.92 Å². The van der Waals surface area contributed by atoms with E-state index in [9.17, 15) is 4.79 Å². The van der Waals surface area contributed by atoms with Crippen LogP contribution in [0, 0.1) is 5.92 Å². The van der Waals surface area contributed by atoms with Crippen molar-refractivity contribution < 1.29 is 4.79 Å². The molecule has 0 N–H and O–H groups in total. The van der Waals surface area contributed by atoms with E-state index in [4.69, 9.17) is 11.6 Å². The predicted octanol–water partition coefficient (Wildman–Crippen LogP) is 3.67. The van der Waals surface area contributed by atoms with E-state index in [0.717, 1.165) is 16.9 Å². The lowest BCUT2D eigenvalue weighted by Gasteiger charge is -2.18. The lowest BCUT2D eigenvalue weighted by atomic mass is 9.86. The SMILES string of the molecule is CC(C)C(CC=O)c1cccc(Cl)c1. The van der Waals surface area contributed by atoms with Gasteiger partial charge in [-0.2, -0.15) is 0 Å². The monoisotopic (exact) mass is 210 g/mol. The quantitative estimate of drug-likeness (QED) is 0.694. The van der Waals surface area contributed by atoms with Crippen molar-refractivity contribution in [3.05, 3.63) is 34.9 Å². The van der Waals surface area contributed by atoms with Crippen LogP contribution in [-0.4, -0.2) is 6.29 Å². The smallest absolute Gasteiger partial charge is 0.120 e. The van der Waals surface area contributed by atoms with Crippen molar-refractivity contribution in [2.75, 3.05) is 0 Å². The van der Waals surface area contributed by atoms with Crippen LogP contribution in [0.1, 0.15) is 31.7 Å². The Morgan fingerprint density at radius 1 is 1.43 bits per heavy atom. The van der Waals surface area contributed by atoms with Gasteiger partial charge in [-0.1, -0.05) is 37.6 Å². The van der Waals surface area contributed by atoms with Crippen LogP contribution < -0.4 is 0 Å². The minimum Gasteiger partial charge on any atom is -0.303 e. The van der Waals surface area contributed by atoms with Crippen molar-refractivity contribution >= 4 is 17.9 Å². The number of carbonyl (C=O) groups excluding carboxylic acids is 1. The fourth-order valence-corrected chi connectivity index (χ4v) is 1.83. The van der Waals surface area contributed by atoms with Gasteiger partial charge < -0.3 is 4.79 Å². The van der Waals surface area contributed by atoms with Gasteiger partial charge in [0.1, 0.15) is 6.29 Å². The molecule has 1 aromatic rings. The molecule has 76 valence electrons. The number of halogens is 1. The maximum Gasteiger partial charge on any atom is 0.120 e. The molecule has 0 heterocycles. The lowest BCUT2D eigenvalue weighted by Crippen LogP contribution is -2.07. The minimum atomic E-state index is 0.284. The molecule has 1 unspecified atom stereocenters. The van der Waals surface area contributed by atoms with Crippen LogP contribution in [0.15, 0.2) is 24.3 Å². The Bertz CT molecular complexity index is 307. The van der Waals surface area contributed by atoms with E-state index in [1.165, 1.54) is 0 Å². The molecule has 1 rings (SSSR count). The van der Waals surface area contributed by atoms with E-state index in [2.05, 4.69) is 13.8 Å². The van der Waals surface area contributed by atoms with Crippen LogP contribution in [0.4, 0.5) is 0 Å². The van der Waals surface area contributed by atoms with Gasteiger partial charge in [-0.05, 0) is 29.5 Å². The molecule has 0 aromatic heterocycles. The first kappa shape index (κ1) is 11.3. The molecular formula is C12H15ClO. The van der Waals surface area contributed by atoms with Crippen LogP contribution >= 0.6 is 11.6 Å². The standard InChI is InChI=1S/C12H15ClO/c1-9(2)12(6-7-14)10-4-3-5-11(13)8-10/h3-5,7-9,12H,6H2,1-2H3. The summed E-state index contributed by atoms with van der Waals surface area (Å²) in [5, 5.41) is 0.735. The Labute approximate surface area is 90.1 Å². The molecule has 0 aliphatic heterocycles. The average Bonchev–Trinajstić information content (AvgIpc) is 2.13. The van der Waals surface area contributed by atoms with Crippen LogP contribution in [0.3, 0.4) is 0 Å². The van der Waals surface area contributed by atoms with Crippen molar-refractivity contribution in [3.8, 4) is 0 Å². The summed E-state index contributed by atoms with van der Waals surface area (Å²) in [4.78, 5) is 10.5. The van der Waals surface area contributed by atoms with E-state index < -0.39 is 0 Å². The Morgan fingerprint density at radius 3 is 2.64 bits per heavy atom. The molecule has 2 heteroatoms. The van der Waals surface area contributed by atoms with E-state index in [0.29, 0.717) is 12.3 Å². The molecule has 0 aliphatic rings. The number of carbonyl (C=O) groups is 1. The third-order valence-corrected chi connectivity index (χ3v) is 2.67. The number of hydrogen-bond acceptors (Lipinski definition) is 1. The topological polar surface area (TPSA) is 17.1 Å². The van der Waals surface area contributed by atoms with Gasteiger partial charge in [0.25, 0.3) is 0 Å². The normalized spacial score (nSPS) is 12.9. The second kappa shape index (κ2) is 5.16. The third-order valence-electron chi connectivity index (χ3n) is 2.43. The fourth-order valence-electron chi connectivity index (χ4n) is 1.63. The summed E-state index contributed by atoms with van der Waals surface area (Å²) in [5.41, 5.74) is 1.15. The Morgan fingerprint density at radius 2 is 2.14 bits per heavy atom. The number of rotatable bonds is 4. The summed E-state index contributed by atoms with van der Waals surface area (Å²) < 4.78 is 0. The lowest BCUT2D eigenvalue weighted by molar-refractivity contribution is -0.108. The third kappa shape index (κ3) is 2.85. The molecular weight excluding hydrogens is 196 g/mol. The molecule has 0 amide bonds. The molecule has 0 bridgehead atoms. The number of aldehydes is 1. The van der Waals surface area contributed by atoms with E-state index in [1.54, 1.807) is 0 Å². The van der Waals surface area contributed by atoms with Gasteiger partial charge in [-0.25, -0.2) is 0 Å². The van der Waals surface area contributed by atoms with Gasteiger partial charge in [-0.3, -0.25) is 0 Å². The van der Waals surface area contributed by atoms with E-state index in [-0.39, 0.29) is 5.92 Å². The van der Waals surface area contributed by atoms with Crippen LogP contribution in [-0.2, 0) is 4.79 Å². The first-order valence-electron chi connectivity index (χ1n) is 4.84. The van der Waals surface area contributed by atoms with Gasteiger partial charge in [0.15, 0.2) is 0 Å². The Kier molecular flexibility index (Phi) is 4.15. The Balaban J connectivity index is 2.92. The number of hydrogen-bond donors (Lipinski definition) is 0. The maximum atomic E-state index is 10.5.